The fourth-order valence-corrected chi connectivity index (χ4v) is 3.84. The molecule has 0 atom stereocenters. The van der Waals surface area contributed by atoms with Gasteiger partial charge in [0, 0.05) is 22.3 Å². The lowest BCUT2D eigenvalue weighted by Gasteiger charge is -2.09. The van der Waals surface area contributed by atoms with E-state index in [-0.39, 0.29) is 11.7 Å². The van der Waals surface area contributed by atoms with Crippen molar-refractivity contribution in [1.82, 2.24) is 14.8 Å². The number of benzene rings is 2. The van der Waals surface area contributed by atoms with Crippen LogP contribution in [0.15, 0.2) is 70.8 Å². The average molecular weight is 515 g/mol. The van der Waals surface area contributed by atoms with Crippen LogP contribution in [0.4, 0.5) is 5.69 Å². The van der Waals surface area contributed by atoms with E-state index in [2.05, 4.69) is 38.0 Å². The number of rotatable bonds is 10. The van der Waals surface area contributed by atoms with Crippen LogP contribution in [0.5, 0.6) is 0 Å². The van der Waals surface area contributed by atoms with Crippen LogP contribution < -0.4 is 5.32 Å². The third-order valence-electron chi connectivity index (χ3n) is 4.28. The predicted octanol–water partition coefficient (Wildman–Crippen LogP) is 5.19. The van der Waals surface area contributed by atoms with Crippen molar-refractivity contribution in [2.75, 3.05) is 17.7 Å². The second-order valence-corrected chi connectivity index (χ2v) is 8.62. The molecule has 1 heterocycles. The van der Waals surface area contributed by atoms with E-state index in [0.29, 0.717) is 35.4 Å². The molecular formula is C23H23BrN4O3S. The molecule has 1 aromatic heterocycles. The van der Waals surface area contributed by atoms with E-state index in [1.165, 1.54) is 11.8 Å². The highest BCUT2D eigenvalue weighted by atomic mass is 79.9. The molecule has 0 aliphatic heterocycles. The molecule has 0 saturated heterocycles. The SMILES string of the molecule is C=CCn1c(SCC(=O)Nc2cccc(C(=O)OCCC)c2)nnc1-c1ccc(Br)cc1. The van der Waals surface area contributed by atoms with Gasteiger partial charge in [-0.05, 0) is 36.8 Å². The monoisotopic (exact) mass is 514 g/mol. The summed E-state index contributed by atoms with van der Waals surface area (Å²) in [7, 11) is 0. The van der Waals surface area contributed by atoms with Crippen LogP contribution in [0.1, 0.15) is 23.7 Å². The number of allylic oxidation sites excluding steroid dienone is 1. The van der Waals surface area contributed by atoms with Gasteiger partial charge in [0.05, 0.1) is 17.9 Å². The zero-order valence-electron chi connectivity index (χ0n) is 17.6. The van der Waals surface area contributed by atoms with Crippen molar-refractivity contribution in [2.45, 2.75) is 25.0 Å². The van der Waals surface area contributed by atoms with E-state index >= 15 is 0 Å². The number of carbonyl (C=O) groups is 2. The summed E-state index contributed by atoms with van der Waals surface area (Å²) in [6, 6.07) is 14.5. The summed E-state index contributed by atoms with van der Waals surface area (Å²) in [5.41, 5.74) is 1.85. The maximum absolute atomic E-state index is 12.5. The van der Waals surface area contributed by atoms with Crippen molar-refractivity contribution < 1.29 is 14.3 Å². The van der Waals surface area contributed by atoms with Gasteiger partial charge in [0.2, 0.25) is 5.91 Å². The van der Waals surface area contributed by atoms with Gasteiger partial charge in [0.15, 0.2) is 11.0 Å². The lowest BCUT2D eigenvalue weighted by Crippen LogP contribution is -2.15. The Morgan fingerprint density at radius 2 is 2.00 bits per heavy atom. The molecule has 0 bridgehead atoms. The van der Waals surface area contributed by atoms with Gasteiger partial charge in [-0.15, -0.1) is 16.8 Å². The fraction of sp³-hybridized carbons (Fsp3) is 0.217. The van der Waals surface area contributed by atoms with Gasteiger partial charge in [-0.2, -0.15) is 0 Å². The van der Waals surface area contributed by atoms with Gasteiger partial charge in [-0.3, -0.25) is 9.36 Å². The molecule has 0 aliphatic rings. The first kappa shape index (κ1) is 23.7. The van der Waals surface area contributed by atoms with E-state index in [4.69, 9.17) is 4.74 Å². The number of carbonyl (C=O) groups excluding carboxylic acids is 2. The van der Waals surface area contributed by atoms with Crippen molar-refractivity contribution in [3.05, 3.63) is 71.2 Å². The maximum Gasteiger partial charge on any atom is 0.338 e. The van der Waals surface area contributed by atoms with Crippen LogP contribution in [-0.4, -0.2) is 39.0 Å². The summed E-state index contributed by atoms with van der Waals surface area (Å²) in [5, 5.41) is 12.0. The molecule has 1 N–H and O–H groups in total. The first-order valence-electron chi connectivity index (χ1n) is 10.0. The minimum atomic E-state index is -0.407. The average Bonchev–Trinajstić information content (AvgIpc) is 3.19. The van der Waals surface area contributed by atoms with Gasteiger partial charge >= 0.3 is 5.97 Å². The largest absolute Gasteiger partial charge is 0.462 e. The number of nitrogens with zero attached hydrogens (tertiary/aromatic N) is 3. The summed E-state index contributed by atoms with van der Waals surface area (Å²) >= 11 is 4.71. The van der Waals surface area contributed by atoms with Crippen molar-refractivity contribution >= 4 is 45.3 Å². The number of hydrogen-bond donors (Lipinski definition) is 1. The second kappa shape index (κ2) is 11.6. The zero-order valence-corrected chi connectivity index (χ0v) is 20.0. The van der Waals surface area contributed by atoms with Crippen molar-refractivity contribution in [3.8, 4) is 11.4 Å². The zero-order chi connectivity index (χ0) is 22.9. The van der Waals surface area contributed by atoms with Gasteiger partial charge in [0.1, 0.15) is 0 Å². The van der Waals surface area contributed by atoms with E-state index in [0.717, 1.165) is 16.5 Å². The highest BCUT2D eigenvalue weighted by molar-refractivity contribution is 9.10. The van der Waals surface area contributed by atoms with Crippen LogP contribution in [0.25, 0.3) is 11.4 Å². The normalized spacial score (nSPS) is 10.6. The minimum absolute atomic E-state index is 0.139. The van der Waals surface area contributed by atoms with E-state index < -0.39 is 5.97 Å². The van der Waals surface area contributed by atoms with Crippen LogP contribution >= 0.6 is 27.7 Å². The predicted molar refractivity (Wildman–Crippen MR) is 130 cm³/mol. The molecule has 0 spiro atoms. The van der Waals surface area contributed by atoms with E-state index in [9.17, 15) is 9.59 Å². The molecule has 1 amide bonds. The Morgan fingerprint density at radius 3 is 2.72 bits per heavy atom. The lowest BCUT2D eigenvalue weighted by atomic mass is 10.2. The second-order valence-electron chi connectivity index (χ2n) is 6.77. The fourth-order valence-electron chi connectivity index (χ4n) is 2.83. The molecule has 9 heteroatoms. The Hall–Kier alpha value is -2.91. The summed E-state index contributed by atoms with van der Waals surface area (Å²) in [5.74, 6) is 0.224. The molecule has 0 aliphatic carbocycles. The molecule has 7 nitrogen and oxygen atoms in total. The molecule has 32 heavy (non-hydrogen) atoms. The maximum atomic E-state index is 12.5. The highest BCUT2D eigenvalue weighted by Crippen LogP contribution is 2.25. The molecule has 2 aromatic carbocycles. The summed E-state index contributed by atoms with van der Waals surface area (Å²) < 4.78 is 8.03. The molecule has 0 radical (unpaired) electrons. The Balaban J connectivity index is 1.65. The van der Waals surface area contributed by atoms with Crippen molar-refractivity contribution in [2.24, 2.45) is 0 Å². The molecule has 0 unspecified atom stereocenters. The molecular weight excluding hydrogens is 492 g/mol. The number of thioether (sulfide) groups is 1. The van der Waals surface area contributed by atoms with Gasteiger partial charge in [-0.1, -0.05) is 58.9 Å². The third kappa shape index (κ3) is 6.30. The first-order valence-corrected chi connectivity index (χ1v) is 11.8. The lowest BCUT2D eigenvalue weighted by molar-refractivity contribution is -0.113. The number of aromatic nitrogens is 3. The Bertz CT molecular complexity index is 1100. The van der Waals surface area contributed by atoms with Crippen molar-refractivity contribution in [1.29, 1.82) is 0 Å². The summed E-state index contributed by atoms with van der Waals surface area (Å²) in [4.78, 5) is 24.5. The number of nitrogens with one attached hydrogen (secondary N) is 1. The Kier molecular flexibility index (Phi) is 8.64. The van der Waals surface area contributed by atoms with Crippen LogP contribution in [-0.2, 0) is 16.1 Å². The van der Waals surface area contributed by atoms with Gasteiger partial charge in [0.25, 0.3) is 0 Å². The summed E-state index contributed by atoms with van der Waals surface area (Å²) in [6.45, 7) is 6.62. The number of anilines is 1. The topological polar surface area (TPSA) is 86.1 Å². The Labute approximate surface area is 199 Å². The van der Waals surface area contributed by atoms with E-state index in [1.807, 2.05) is 35.8 Å². The Morgan fingerprint density at radius 1 is 1.22 bits per heavy atom. The van der Waals surface area contributed by atoms with Crippen LogP contribution in [0, 0.1) is 0 Å². The number of ether oxygens (including phenoxy) is 1. The molecule has 3 rings (SSSR count). The standard InChI is InChI=1S/C23H23BrN4O3S/c1-3-12-28-21(16-8-10-18(24)11-9-16)26-27-23(28)32-15-20(29)25-19-7-5-6-17(14-19)22(30)31-13-4-2/h3,5-11,14H,1,4,12-13,15H2,2H3,(H,25,29). The van der Waals surface area contributed by atoms with E-state index in [1.54, 1.807) is 30.3 Å². The quantitative estimate of drug-likeness (QED) is 0.227. The highest BCUT2D eigenvalue weighted by Gasteiger charge is 2.15. The smallest absolute Gasteiger partial charge is 0.338 e. The summed E-state index contributed by atoms with van der Waals surface area (Å²) in [6.07, 6.45) is 2.51. The van der Waals surface area contributed by atoms with Gasteiger partial charge < -0.3 is 10.1 Å². The number of hydrogen-bond acceptors (Lipinski definition) is 6. The molecule has 0 saturated carbocycles. The number of halogens is 1. The van der Waals surface area contributed by atoms with Crippen molar-refractivity contribution in [3.63, 3.8) is 0 Å². The van der Waals surface area contributed by atoms with Crippen LogP contribution in [0.3, 0.4) is 0 Å². The third-order valence-corrected chi connectivity index (χ3v) is 5.78. The number of amides is 1. The molecule has 3 aromatic rings. The molecule has 166 valence electrons. The number of esters is 1. The molecule has 0 fully saturated rings. The van der Waals surface area contributed by atoms with Crippen LogP contribution in [0.2, 0.25) is 0 Å². The van der Waals surface area contributed by atoms with Gasteiger partial charge in [-0.25, -0.2) is 4.79 Å². The minimum Gasteiger partial charge on any atom is -0.462 e. The first-order chi connectivity index (χ1) is 15.5.